The molecule has 1 aromatic heterocycles. The van der Waals surface area contributed by atoms with Crippen molar-refractivity contribution in [2.45, 2.75) is 0 Å². The molecule has 132 valence electrons. The Balaban J connectivity index is 2.36. The second kappa shape index (κ2) is 7.55. The maximum Gasteiger partial charge on any atom is 0.273 e. The number of nitriles is 2. The maximum absolute atomic E-state index is 13.4. The Labute approximate surface area is 160 Å². The van der Waals surface area contributed by atoms with E-state index in [-0.39, 0.29) is 20.3 Å². The minimum Gasteiger partial charge on any atom is -0.267 e. The molecule has 0 spiro atoms. The van der Waals surface area contributed by atoms with E-state index in [4.69, 9.17) is 11.6 Å². The Bertz CT molecular complexity index is 1280. The SMILES string of the molecule is N#CC(C#N)=c1sc(=Cc2ccc(F)c(F)c2)c(=O)n1-c1ccc(Cl)cc1. The largest absolute Gasteiger partial charge is 0.273 e. The van der Waals surface area contributed by atoms with Crippen LogP contribution in [0.15, 0.2) is 47.3 Å². The summed E-state index contributed by atoms with van der Waals surface area (Å²) in [6, 6.07) is 13.1. The van der Waals surface area contributed by atoms with Crippen molar-refractivity contribution in [3.05, 3.63) is 84.2 Å². The first kappa shape index (κ1) is 18.5. The molecule has 0 N–H and O–H groups in total. The monoisotopic (exact) mass is 399 g/mol. The van der Waals surface area contributed by atoms with Crippen molar-refractivity contribution in [3.63, 3.8) is 0 Å². The second-order valence-corrected chi connectivity index (χ2v) is 6.77. The van der Waals surface area contributed by atoms with Crippen LogP contribution in [0.25, 0.3) is 17.3 Å². The molecule has 3 aromatic rings. The molecule has 0 saturated carbocycles. The van der Waals surface area contributed by atoms with Gasteiger partial charge in [-0.15, -0.1) is 11.3 Å². The number of hydrogen-bond acceptors (Lipinski definition) is 4. The van der Waals surface area contributed by atoms with Gasteiger partial charge < -0.3 is 0 Å². The number of thiazole rings is 1. The lowest BCUT2D eigenvalue weighted by Crippen LogP contribution is -2.30. The molecule has 2 aromatic carbocycles. The maximum atomic E-state index is 13.4. The highest BCUT2D eigenvalue weighted by Crippen LogP contribution is 2.12. The predicted octanol–water partition coefficient (Wildman–Crippen LogP) is 2.86. The van der Waals surface area contributed by atoms with Gasteiger partial charge in [0.15, 0.2) is 17.2 Å². The van der Waals surface area contributed by atoms with Crippen LogP contribution in [0.3, 0.4) is 0 Å². The summed E-state index contributed by atoms with van der Waals surface area (Å²) in [4.78, 5) is 12.9. The zero-order valence-electron chi connectivity index (χ0n) is 13.4. The molecule has 0 unspecified atom stereocenters. The van der Waals surface area contributed by atoms with E-state index in [2.05, 4.69) is 0 Å². The molecule has 1 heterocycles. The quantitative estimate of drug-likeness (QED) is 0.665. The fourth-order valence-electron chi connectivity index (χ4n) is 2.35. The van der Waals surface area contributed by atoms with E-state index >= 15 is 0 Å². The predicted molar refractivity (Wildman–Crippen MR) is 98.7 cm³/mol. The lowest BCUT2D eigenvalue weighted by atomic mass is 10.2. The lowest BCUT2D eigenvalue weighted by molar-refractivity contribution is 0.508. The first-order valence-corrected chi connectivity index (χ1v) is 8.63. The van der Waals surface area contributed by atoms with E-state index in [1.807, 2.05) is 0 Å². The fourth-order valence-corrected chi connectivity index (χ4v) is 3.53. The van der Waals surface area contributed by atoms with Crippen LogP contribution in [-0.2, 0) is 0 Å². The third kappa shape index (κ3) is 3.65. The number of halogens is 3. The van der Waals surface area contributed by atoms with Crippen molar-refractivity contribution < 1.29 is 8.78 Å². The van der Waals surface area contributed by atoms with Gasteiger partial charge in [0.2, 0.25) is 0 Å². The molecule has 0 bridgehead atoms. The summed E-state index contributed by atoms with van der Waals surface area (Å²) in [7, 11) is 0. The van der Waals surface area contributed by atoms with Crippen molar-refractivity contribution in [3.8, 4) is 17.8 Å². The molecule has 0 aliphatic rings. The van der Waals surface area contributed by atoms with Crippen LogP contribution in [0.4, 0.5) is 8.78 Å². The average Bonchev–Trinajstić information content (AvgIpc) is 2.96. The fraction of sp³-hybridized carbons (Fsp3) is 0. The molecule has 0 atom stereocenters. The van der Waals surface area contributed by atoms with Gasteiger partial charge in [-0.3, -0.25) is 9.36 Å². The lowest BCUT2D eigenvalue weighted by Gasteiger charge is -2.01. The molecule has 8 heteroatoms. The first-order valence-electron chi connectivity index (χ1n) is 7.43. The normalized spacial score (nSPS) is 11.1. The Morgan fingerprint density at radius 3 is 2.33 bits per heavy atom. The van der Waals surface area contributed by atoms with E-state index in [0.29, 0.717) is 10.7 Å². The standard InChI is InChI=1S/C19H8ClF2N3OS/c20-13-2-4-14(5-3-13)25-18(26)17(27-19(25)12(9-23)10-24)8-11-1-6-15(21)16(22)7-11/h1-8H. The number of rotatable bonds is 2. The Hall–Kier alpha value is -3.26. The Kier molecular flexibility index (Phi) is 5.18. The van der Waals surface area contributed by atoms with Crippen LogP contribution in [0.2, 0.25) is 5.02 Å². The van der Waals surface area contributed by atoms with Crippen molar-refractivity contribution in [1.82, 2.24) is 4.57 Å². The first-order chi connectivity index (χ1) is 12.9. The van der Waals surface area contributed by atoms with E-state index in [0.717, 1.165) is 23.5 Å². The summed E-state index contributed by atoms with van der Waals surface area (Å²) in [5.41, 5.74) is -0.0387. The Morgan fingerprint density at radius 2 is 1.74 bits per heavy atom. The minimum atomic E-state index is -1.04. The van der Waals surface area contributed by atoms with Gasteiger partial charge in [0, 0.05) is 5.02 Å². The van der Waals surface area contributed by atoms with E-state index in [1.54, 1.807) is 36.4 Å². The van der Waals surface area contributed by atoms with Gasteiger partial charge in [-0.1, -0.05) is 17.7 Å². The van der Waals surface area contributed by atoms with Crippen LogP contribution in [0.5, 0.6) is 0 Å². The molecular formula is C19H8ClF2N3OS. The van der Waals surface area contributed by atoms with Gasteiger partial charge >= 0.3 is 0 Å². The highest BCUT2D eigenvalue weighted by atomic mass is 35.5. The van der Waals surface area contributed by atoms with Gasteiger partial charge in [-0.25, -0.2) is 8.78 Å². The Morgan fingerprint density at radius 1 is 1.07 bits per heavy atom. The van der Waals surface area contributed by atoms with Crippen LogP contribution < -0.4 is 14.8 Å². The van der Waals surface area contributed by atoms with Gasteiger partial charge in [0.25, 0.3) is 5.56 Å². The van der Waals surface area contributed by atoms with E-state index in [9.17, 15) is 24.1 Å². The molecule has 4 nitrogen and oxygen atoms in total. The highest BCUT2D eigenvalue weighted by Gasteiger charge is 2.11. The molecule has 3 rings (SSSR count). The average molecular weight is 400 g/mol. The summed E-state index contributed by atoms with van der Waals surface area (Å²) in [5, 5.41) is 18.9. The zero-order valence-corrected chi connectivity index (χ0v) is 15.0. The van der Waals surface area contributed by atoms with E-state index in [1.165, 1.54) is 16.7 Å². The third-order valence-corrected chi connectivity index (χ3v) is 4.93. The van der Waals surface area contributed by atoms with Gasteiger partial charge in [0.05, 0.1) is 10.2 Å². The summed E-state index contributed by atoms with van der Waals surface area (Å²) < 4.78 is 28.0. The van der Waals surface area contributed by atoms with Crippen molar-refractivity contribution in [2.75, 3.05) is 0 Å². The number of hydrogen-bond donors (Lipinski definition) is 0. The molecular weight excluding hydrogens is 392 g/mol. The number of benzene rings is 2. The summed E-state index contributed by atoms with van der Waals surface area (Å²) in [5.74, 6) is -2.04. The van der Waals surface area contributed by atoms with Crippen molar-refractivity contribution in [2.24, 2.45) is 0 Å². The van der Waals surface area contributed by atoms with E-state index < -0.39 is 17.2 Å². The number of aromatic nitrogens is 1. The van der Waals surface area contributed by atoms with Crippen molar-refractivity contribution >= 4 is 34.6 Å². The van der Waals surface area contributed by atoms with Gasteiger partial charge in [-0.2, -0.15) is 10.5 Å². The summed E-state index contributed by atoms with van der Waals surface area (Å²) >= 11 is 6.78. The third-order valence-electron chi connectivity index (χ3n) is 3.59. The number of nitrogens with zero attached hydrogens (tertiary/aromatic N) is 3. The smallest absolute Gasteiger partial charge is 0.267 e. The second-order valence-electron chi connectivity index (χ2n) is 5.30. The van der Waals surface area contributed by atoms with Crippen molar-refractivity contribution in [1.29, 1.82) is 10.5 Å². The van der Waals surface area contributed by atoms with Crippen LogP contribution in [0, 0.1) is 34.3 Å². The topological polar surface area (TPSA) is 69.6 Å². The molecule has 0 radical (unpaired) electrons. The molecule has 0 aliphatic heterocycles. The van der Waals surface area contributed by atoms with Gasteiger partial charge in [0.1, 0.15) is 16.8 Å². The van der Waals surface area contributed by atoms with Crippen LogP contribution >= 0.6 is 22.9 Å². The molecule has 0 amide bonds. The van der Waals surface area contributed by atoms with Crippen LogP contribution in [0.1, 0.15) is 5.56 Å². The molecule has 27 heavy (non-hydrogen) atoms. The molecule has 0 fully saturated rings. The summed E-state index contributed by atoms with van der Waals surface area (Å²) in [6.45, 7) is 0. The molecule has 0 aliphatic carbocycles. The minimum absolute atomic E-state index is 0.140. The zero-order chi connectivity index (χ0) is 19.6. The highest BCUT2D eigenvalue weighted by molar-refractivity contribution is 7.07. The van der Waals surface area contributed by atoms with Crippen LogP contribution in [-0.4, -0.2) is 4.57 Å². The summed E-state index contributed by atoms with van der Waals surface area (Å²) in [6.07, 6.45) is 1.37. The van der Waals surface area contributed by atoms with Gasteiger partial charge in [-0.05, 0) is 48.0 Å². The molecule has 0 saturated heterocycles.